The largest absolute Gasteiger partial charge is 0.673 e. The third-order valence-corrected chi connectivity index (χ3v) is 9.66. The fourth-order valence-corrected chi connectivity index (χ4v) is 9.21. The van der Waals surface area contributed by atoms with Crippen LogP contribution in [0.15, 0.2) is 0 Å². The standard InChI is InChI=1S/C15H30P2.2BF4/c16-12-7-13-17(14-8-3-1-4-9-14)15-10-5-2-6-11-15;2*2-1(3,4)5/h14-15H,1-13,16H2;;/q;2*-1/p+2. The second kappa shape index (κ2) is 14.4. The molecule has 12 heteroatoms. The van der Waals surface area contributed by atoms with Crippen molar-refractivity contribution in [3.05, 3.63) is 0 Å². The lowest BCUT2D eigenvalue weighted by atomic mass is 9.99. The Kier molecular flexibility index (Phi) is 14.6. The van der Waals surface area contributed by atoms with Crippen LogP contribution in [0.4, 0.5) is 34.5 Å². The van der Waals surface area contributed by atoms with Crippen LogP contribution in [0.25, 0.3) is 0 Å². The number of hydrogen-bond donors (Lipinski definition) is 0. The van der Waals surface area contributed by atoms with E-state index in [4.69, 9.17) is 0 Å². The first kappa shape index (κ1) is 27.4. The molecule has 1 unspecified atom stereocenters. The van der Waals surface area contributed by atoms with E-state index in [1.807, 2.05) is 0 Å². The fourth-order valence-electron chi connectivity index (χ4n) is 4.02. The molecule has 0 bridgehead atoms. The minimum Gasteiger partial charge on any atom is -0.418 e. The lowest BCUT2D eigenvalue weighted by Gasteiger charge is -2.32. The number of hydrogen-bond acceptors (Lipinski definition) is 0. The summed E-state index contributed by atoms with van der Waals surface area (Å²) in [6.07, 6.45) is 20.4. The highest BCUT2D eigenvalue weighted by Gasteiger charge is 2.36. The summed E-state index contributed by atoms with van der Waals surface area (Å²) in [5.74, 6) is 0. The van der Waals surface area contributed by atoms with Gasteiger partial charge in [-0.25, -0.2) is 0 Å². The molecule has 0 saturated heterocycles. The Morgan fingerprint density at radius 2 is 0.926 bits per heavy atom. The summed E-state index contributed by atoms with van der Waals surface area (Å²) in [7, 11) is -9.82. The van der Waals surface area contributed by atoms with E-state index in [0.29, 0.717) is 0 Å². The maximum absolute atomic E-state index is 9.75. The summed E-state index contributed by atoms with van der Waals surface area (Å²) < 4.78 is 78.0. The van der Waals surface area contributed by atoms with Gasteiger partial charge in [0.25, 0.3) is 0 Å². The number of rotatable bonds is 5. The minimum absolute atomic E-state index is 0.00407. The van der Waals surface area contributed by atoms with Crippen molar-refractivity contribution in [2.24, 2.45) is 0 Å². The first-order valence-corrected chi connectivity index (χ1v) is 12.7. The van der Waals surface area contributed by atoms with Crippen LogP contribution in [0, 0.1) is 0 Å². The Morgan fingerprint density at radius 3 is 1.19 bits per heavy atom. The van der Waals surface area contributed by atoms with Crippen molar-refractivity contribution < 1.29 is 34.5 Å². The topological polar surface area (TPSA) is 0 Å². The van der Waals surface area contributed by atoms with Crippen LogP contribution in [0.2, 0.25) is 0 Å². The highest BCUT2D eigenvalue weighted by Crippen LogP contribution is 2.55. The van der Waals surface area contributed by atoms with Gasteiger partial charge in [0.15, 0.2) is 0 Å². The molecule has 2 fully saturated rings. The molecule has 27 heavy (non-hydrogen) atoms. The second-order valence-electron chi connectivity index (χ2n) is 7.19. The van der Waals surface area contributed by atoms with Gasteiger partial charge in [-0.3, -0.25) is 0 Å². The molecule has 164 valence electrons. The van der Waals surface area contributed by atoms with Crippen LogP contribution < -0.4 is 0 Å². The van der Waals surface area contributed by atoms with E-state index in [0.717, 1.165) is 0 Å². The van der Waals surface area contributed by atoms with Crippen molar-refractivity contribution in [1.82, 2.24) is 0 Å². The molecule has 0 aromatic rings. The highest BCUT2D eigenvalue weighted by atomic mass is 31.1. The van der Waals surface area contributed by atoms with E-state index in [1.165, 1.54) is 30.3 Å². The van der Waals surface area contributed by atoms with Crippen LogP contribution in [-0.4, -0.2) is 38.2 Å². The first-order valence-electron chi connectivity index (χ1n) is 9.81. The average molecular weight is 448 g/mol. The third-order valence-electron chi connectivity index (χ3n) is 4.97. The van der Waals surface area contributed by atoms with Crippen molar-refractivity contribution in [2.75, 3.05) is 12.3 Å². The summed E-state index contributed by atoms with van der Waals surface area (Å²) >= 11 is 0. The van der Waals surface area contributed by atoms with Crippen molar-refractivity contribution in [3.8, 4) is 0 Å². The normalized spacial score (nSPS) is 19.9. The van der Waals surface area contributed by atoms with Crippen molar-refractivity contribution >= 4 is 31.7 Å². The molecule has 0 aromatic carbocycles. The van der Waals surface area contributed by atoms with Crippen LogP contribution >= 0.6 is 17.2 Å². The lowest BCUT2D eigenvalue weighted by Crippen LogP contribution is -2.22. The van der Waals surface area contributed by atoms with Gasteiger partial charge >= 0.3 is 14.5 Å². The molecule has 0 aliphatic heterocycles. The lowest BCUT2D eigenvalue weighted by molar-refractivity contribution is 0.366. The average Bonchev–Trinajstić information content (AvgIpc) is 2.54. The molecular formula is C15H32B2F8P2. The molecule has 0 radical (unpaired) electrons. The monoisotopic (exact) mass is 448 g/mol. The zero-order valence-electron chi connectivity index (χ0n) is 15.7. The van der Waals surface area contributed by atoms with Crippen LogP contribution in [0.5, 0.6) is 0 Å². The van der Waals surface area contributed by atoms with E-state index < -0.39 is 14.5 Å². The smallest absolute Gasteiger partial charge is 0.418 e. The minimum atomic E-state index is -6.00. The quantitative estimate of drug-likeness (QED) is 0.233. The maximum atomic E-state index is 9.75. The molecule has 0 amide bonds. The SMILES string of the molecule is F[B-](F)(F)F.F[B-](F)(F)F.[PH3+]CCC[PH+](C1CCCCC1)C1CCCCC1. The van der Waals surface area contributed by atoms with Crippen molar-refractivity contribution in [2.45, 2.75) is 81.9 Å². The molecule has 0 heterocycles. The zero-order valence-corrected chi connectivity index (χ0v) is 18.1. The van der Waals surface area contributed by atoms with Crippen LogP contribution in [0.1, 0.15) is 70.6 Å². The molecule has 2 rings (SSSR count). The molecule has 2 saturated carbocycles. The maximum Gasteiger partial charge on any atom is 0.673 e. The van der Waals surface area contributed by atoms with Crippen molar-refractivity contribution in [3.63, 3.8) is 0 Å². The molecule has 1 atom stereocenters. The Morgan fingerprint density at radius 1 is 0.630 bits per heavy atom. The van der Waals surface area contributed by atoms with Gasteiger partial charge in [-0.2, -0.15) is 0 Å². The van der Waals surface area contributed by atoms with E-state index in [1.54, 1.807) is 63.9 Å². The van der Waals surface area contributed by atoms with Gasteiger partial charge < -0.3 is 34.5 Å². The molecular weight excluding hydrogens is 416 g/mol. The highest BCUT2D eigenvalue weighted by molar-refractivity contribution is 7.59. The number of halogens is 8. The summed E-state index contributed by atoms with van der Waals surface area (Å²) in [6, 6.07) is 0. The predicted octanol–water partition coefficient (Wildman–Crippen LogP) is 7.46. The van der Waals surface area contributed by atoms with Gasteiger partial charge in [0.1, 0.15) is 0 Å². The van der Waals surface area contributed by atoms with Crippen molar-refractivity contribution in [1.29, 1.82) is 0 Å². The summed E-state index contributed by atoms with van der Waals surface area (Å²) in [4.78, 5) is 0. The van der Waals surface area contributed by atoms with E-state index in [9.17, 15) is 34.5 Å². The fraction of sp³-hybridized carbons (Fsp3) is 1.00. The molecule has 0 nitrogen and oxygen atoms in total. The van der Waals surface area contributed by atoms with Gasteiger partial charge in [0, 0.05) is 14.3 Å². The van der Waals surface area contributed by atoms with Gasteiger partial charge in [-0.05, 0) is 60.6 Å². The van der Waals surface area contributed by atoms with E-state index in [-0.39, 0.29) is 7.92 Å². The van der Waals surface area contributed by atoms with Crippen LogP contribution in [-0.2, 0) is 0 Å². The Labute approximate surface area is 161 Å². The third kappa shape index (κ3) is 19.5. The molecule has 2 aliphatic carbocycles. The summed E-state index contributed by atoms with van der Waals surface area (Å²) in [5.41, 5.74) is 2.43. The van der Waals surface area contributed by atoms with E-state index in [2.05, 4.69) is 9.24 Å². The predicted molar refractivity (Wildman–Crippen MR) is 108 cm³/mol. The Hall–Kier alpha value is 0.430. The van der Waals surface area contributed by atoms with Gasteiger partial charge in [-0.1, -0.05) is 12.8 Å². The Bertz CT molecular complexity index is 315. The molecule has 0 spiro atoms. The summed E-state index contributed by atoms with van der Waals surface area (Å²) in [6.45, 7) is 0. The van der Waals surface area contributed by atoms with Gasteiger partial charge in [0.2, 0.25) is 0 Å². The van der Waals surface area contributed by atoms with Crippen LogP contribution in [0.3, 0.4) is 0 Å². The van der Waals surface area contributed by atoms with Gasteiger partial charge in [-0.15, -0.1) is 0 Å². The summed E-state index contributed by atoms with van der Waals surface area (Å²) in [5, 5.41) is 0. The molecule has 0 aromatic heterocycles. The second-order valence-corrected chi connectivity index (χ2v) is 11.2. The van der Waals surface area contributed by atoms with E-state index >= 15 is 0 Å². The zero-order chi connectivity index (χ0) is 20.9. The van der Waals surface area contributed by atoms with Gasteiger partial charge in [0.05, 0.1) is 23.6 Å². The Balaban J connectivity index is 0.000000563. The molecule has 0 N–H and O–H groups in total. The molecule has 2 aliphatic rings. The first-order chi connectivity index (χ1) is 12.4.